The Labute approximate surface area is 78.2 Å². The molecule has 44 valence electrons. The summed E-state index contributed by atoms with van der Waals surface area (Å²) in [5.74, 6) is 0. The molecule has 0 saturated heterocycles. The van der Waals surface area contributed by atoms with Gasteiger partial charge in [-0.1, -0.05) is 6.08 Å². The van der Waals surface area contributed by atoms with E-state index in [2.05, 4.69) is 6.58 Å². The Kier molecular flexibility index (Phi) is 313. The maximum Gasteiger partial charge on any atom is 2.00 e. The molecule has 4 heteroatoms. The van der Waals surface area contributed by atoms with E-state index in [1.807, 2.05) is 6.92 Å². The van der Waals surface area contributed by atoms with Crippen LogP contribution in [0, 0.1) is 0 Å². The third-order valence-corrected chi connectivity index (χ3v) is 0. The smallest absolute Gasteiger partial charge is 1.00 e. The first-order valence-corrected chi connectivity index (χ1v) is 0.986. The fraction of sp³-hybridized carbons (Fsp3) is 0.333. The van der Waals surface area contributed by atoms with Crippen LogP contribution in [0.3, 0.4) is 0 Å². The van der Waals surface area contributed by atoms with Crippen molar-refractivity contribution in [3.8, 4) is 0 Å². The normalized spacial score (nSPS) is 1.86. The summed E-state index contributed by atoms with van der Waals surface area (Å²) in [4.78, 5) is 0. The van der Waals surface area contributed by atoms with Crippen LogP contribution in [0.5, 0.6) is 0 Å². The van der Waals surface area contributed by atoms with Gasteiger partial charge in [0, 0.05) is 0 Å². The van der Waals surface area contributed by atoms with Crippen molar-refractivity contribution in [3.63, 3.8) is 0 Å². The van der Waals surface area contributed by atoms with Crippen LogP contribution >= 0.6 is 0 Å². The van der Waals surface area contributed by atoms with Gasteiger partial charge in [-0.2, -0.15) is 0 Å². The molecular formula is C3H6Cl3Ti-. The summed E-state index contributed by atoms with van der Waals surface area (Å²) in [5, 5.41) is 0. The van der Waals surface area contributed by atoms with Crippen LogP contribution in [0.1, 0.15) is 6.92 Å². The van der Waals surface area contributed by atoms with Crippen molar-refractivity contribution in [2.45, 2.75) is 6.92 Å². The Balaban J connectivity index is -0.00000000333. The molecule has 0 aromatic heterocycles. The van der Waals surface area contributed by atoms with Gasteiger partial charge in [0.05, 0.1) is 0 Å². The van der Waals surface area contributed by atoms with Gasteiger partial charge in [-0.05, 0) is 6.92 Å². The molecule has 0 aromatic carbocycles. The van der Waals surface area contributed by atoms with E-state index in [0.717, 1.165) is 0 Å². The molecule has 0 nitrogen and oxygen atoms in total. The summed E-state index contributed by atoms with van der Waals surface area (Å²) < 4.78 is 0. The zero-order valence-electron chi connectivity index (χ0n) is 3.92. The molecule has 0 spiro atoms. The third-order valence-electron chi connectivity index (χ3n) is 0. The molecule has 0 aliphatic heterocycles. The van der Waals surface area contributed by atoms with Crippen LogP contribution < -0.4 is 37.2 Å². The molecule has 0 heterocycles. The van der Waals surface area contributed by atoms with Crippen LogP contribution in [0.2, 0.25) is 0 Å². The number of hydrogen-bond acceptors (Lipinski definition) is 0. The van der Waals surface area contributed by atoms with E-state index in [1.54, 1.807) is 6.08 Å². The van der Waals surface area contributed by atoms with Crippen LogP contribution in [-0.2, 0) is 21.7 Å². The second kappa shape index (κ2) is 54.2. The van der Waals surface area contributed by atoms with Gasteiger partial charge in [0.25, 0.3) is 0 Å². The van der Waals surface area contributed by atoms with Gasteiger partial charge in [0.15, 0.2) is 0 Å². The van der Waals surface area contributed by atoms with Gasteiger partial charge in [0.1, 0.15) is 0 Å². The summed E-state index contributed by atoms with van der Waals surface area (Å²) in [5.41, 5.74) is 0. The Morgan fingerprint density at radius 3 is 1.14 bits per heavy atom. The van der Waals surface area contributed by atoms with E-state index in [9.17, 15) is 0 Å². The largest absolute Gasteiger partial charge is 2.00 e. The molecule has 7 heavy (non-hydrogen) atoms. The molecule has 0 saturated carbocycles. The van der Waals surface area contributed by atoms with Crippen molar-refractivity contribution < 1.29 is 58.9 Å². The second-order valence-corrected chi connectivity index (χ2v) is 0.408. The minimum atomic E-state index is 0. The summed E-state index contributed by atoms with van der Waals surface area (Å²) >= 11 is 0. The predicted octanol–water partition coefficient (Wildman–Crippen LogP) is -7.80. The maximum absolute atomic E-state index is 3.36. The van der Waals surface area contributed by atoms with Gasteiger partial charge < -0.3 is 37.2 Å². The average Bonchev–Trinajstić information content (AvgIpc) is 0.918. The Morgan fingerprint density at radius 2 is 1.14 bits per heavy atom. The quantitative estimate of drug-likeness (QED) is 0.267. The second-order valence-electron chi connectivity index (χ2n) is 0.408. The first kappa shape index (κ1) is 40.4. The standard InChI is InChI=1S/C3H6.3ClH.Ti/c1-3-2;;;;/h3H,1H2,2H3;3*1H;/q;;;;+2/p-3. The van der Waals surface area contributed by atoms with E-state index in [0.29, 0.717) is 0 Å². The SMILES string of the molecule is C=CC.[Cl-].[Cl-].[Cl-].[Ti+2]. The molecule has 0 rings (SSSR count). The van der Waals surface area contributed by atoms with Gasteiger partial charge in [-0.3, -0.25) is 0 Å². The number of hydrogen-bond donors (Lipinski definition) is 0. The minimum Gasteiger partial charge on any atom is -1.00 e. The third kappa shape index (κ3) is 118. The molecule has 0 aliphatic carbocycles. The fourth-order valence-electron chi connectivity index (χ4n) is 0. The molecule has 0 bridgehead atoms. The molecule has 0 radical (unpaired) electrons. The minimum absolute atomic E-state index is 0. The zero-order valence-corrected chi connectivity index (χ0v) is 7.75. The Morgan fingerprint density at radius 1 is 1.14 bits per heavy atom. The Bertz CT molecular complexity index is 17.7. The molecule has 0 fully saturated rings. The van der Waals surface area contributed by atoms with Crippen molar-refractivity contribution in [1.29, 1.82) is 0 Å². The summed E-state index contributed by atoms with van der Waals surface area (Å²) in [7, 11) is 0. The van der Waals surface area contributed by atoms with E-state index in [4.69, 9.17) is 0 Å². The van der Waals surface area contributed by atoms with Gasteiger partial charge in [0.2, 0.25) is 0 Å². The van der Waals surface area contributed by atoms with Crippen molar-refractivity contribution in [3.05, 3.63) is 12.7 Å². The van der Waals surface area contributed by atoms with E-state index < -0.39 is 0 Å². The van der Waals surface area contributed by atoms with Gasteiger partial charge in [-0.25, -0.2) is 0 Å². The predicted molar refractivity (Wildman–Crippen MR) is 15.9 cm³/mol. The van der Waals surface area contributed by atoms with Crippen molar-refractivity contribution >= 4 is 0 Å². The molecule has 0 N–H and O–H groups in total. The van der Waals surface area contributed by atoms with Crippen LogP contribution in [-0.4, -0.2) is 0 Å². The number of halogens is 3. The summed E-state index contributed by atoms with van der Waals surface area (Å²) in [6.45, 7) is 5.25. The summed E-state index contributed by atoms with van der Waals surface area (Å²) in [6.07, 6.45) is 1.75. The van der Waals surface area contributed by atoms with Gasteiger partial charge >= 0.3 is 21.7 Å². The molecule has 0 amide bonds. The molecule has 0 aliphatic rings. The first-order valence-electron chi connectivity index (χ1n) is 0.986. The van der Waals surface area contributed by atoms with Crippen LogP contribution in [0.25, 0.3) is 0 Å². The number of allylic oxidation sites excluding steroid dienone is 1. The first-order chi connectivity index (χ1) is 1.41. The number of rotatable bonds is 0. The zero-order chi connectivity index (χ0) is 2.71. The monoisotopic (exact) mass is 195 g/mol. The molecular weight excluding hydrogens is 190 g/mol. The maximum atomic E-state index is 3.36. The van der Waals surface area contributed by atoms with Gasteiger partial charge in [-0.15, -0.1) is 6.58 Å². The fourth-order valence-corrected chi connectivity index (χ4v) is 0. The molecule has 0 unspecified atom stereocenters. The van der Waals surface area contributed by atoms with Crippen LogP contribution in [0.15, 0.2) is 12.7 Å². The molecule has 0 aromatic rings. The summed E-state index contributed by atoms with van der Waals surface area (Å²) in [6, 6.07) is 0. The molecule has 0 atom stereocenters. The Hall–Kier alpha value is 1.32. The van der Waals surface area contributed by atoms with Crippen molar-refractivity contribution in [1.82, 2.24) is 0 Å². The van der Waals surface area contributed by atoms with Crippen molar-refractivity contribution in [2.75, 3.05) is 0 Å². The van der Waals surface area contributed by atoms with E-state index in [-0.39, 0.29) is 58.9 Å². The van der Waals surface area contributed by atoms with E-state index in [1.165, 1.54) is 0 Å². The van der Waals surface area contributed by atoms with Crippen molar-refractivity contribution in [2.24, 2.45) is 0 Å². The van der Waals surface area contributed by atoms with E-state index >= 15 is 0 Å². The van der Waals surface area contributed by atoms with Crippen LogP contribution in [0.4, 0.5) is 0 Å². The average molecular weight is 196 g/mol. The topological polar surface area (TPSA) is 0 Å².